The van der Waals surface area contributed by atoms with E-state index in [0.717, 1.165) is 41.9 Å². The summed E-state index contributed by atoms with van der Waals surface area (Å²) < 4.78 is 0.935. The van der Waals surface area contributed by atoms with E-state index in [9.17, 15) is 14.7 Å². The van der Waals surface area contributed by atoms with Crippen molar-refractivity contribution in [3.63, 3.8) is 0 Å². The maximum absolute atomic E-state index is 13.0. The van der Waals surface area contributed by atoms with Gasteiger partial charge in [-0.1, -0.05) is 35.0 Å². The number of imide groups is 1. The van der Waals surface area contributed by atoms with E-state index < -0.39 is 11.5 Å². The lowest BCUT2D eigenvalue weighted by Crippen LogP contribution is -2.45. The van der Waals surface area contributed by atoms with Gasteiger partial charge in [0.1, 0.15) is 0 Å². The Kier molecular flexibility index (Phi) is 5.85. The summed E-state index contributed by atoms with van der Waals surface area (Å²) in [4.78, 5) is 28.9. The Bertz CT molecular complexity index is 670. The highest BCUT2D eigenvalue weighted by Gasteiger charge is 2.49. The van der Waals surface area contributed by atoms with Gasteiger partial charge < -0.3 is 10.0 Å². The van der Waals surface area contributed by atoms with E-state index in [1.54, 1.807) is 0 Å². The van der Waals surface area contributed by atoms with Crippen LogP contribution in [0.1, 0.15) is 38.7 Å². The topological polar surface area (TPSA) is 60.9 Å². The summed E-state index contributed by atoms with van der Waals surface area (Å²) in [6.45, 7) is 6.59. The molecule has 26 heavy (non-hydrogen) atoms. The summed E-state index contributed by atoms with van der Waals surface area (Å²) in [5.74, 6) is 0.319. The van der Waals surface area contributed by atoms with Gasteiger partial charge >= 0.3 is 0 Å². The molecule has 2 fully saturated rings. The number of rotatable bonds is 5. The second-order valence-corrected chi connectivity index (χ2v) is 8.88. The Morgan fingerprint density at radius 1 is 1.19 bits per heavy atom. The van der Waals surface area contributed by atoms with Crippen molar-refractivity contribution >= 4 is 27.7 Å². The lowest BCUT2D eigenvalue weighted by Gasteiger charge is -2.32. The smallest absolute Gasteiger partial charge is 0.240 e. The predicted octanol–water partition coefficient (Wildman–Crippen LogP) is 2.56. The van der Waals surface area contributed by atoms with Crippen molar-refractivity contribution in [3.8, 4) is 0 Å². The van der Waals surface area contributed by atoms with Crippen LogP contribution in [0, 0.1) is 5.92 Å². The quantitative estimate of drug-likeness (QED) is 0.740. The lowest BCUT2D eigenvalue weighted by molar-refractivity contribution is -0.141. The second-order valence-electron chi connectivity index (χ2n) is 7.96. The normalized spacial score (nSPS) is 26.5. The van der Waals surface area contributed by atoms with Gasteiger partial charge in [-0.3, -0.25) is 14.5 Å². The van der Waals surface area contributed by atoms with Crippen LogP contribution in [-0.2, 0) is 15.0 Å². The van der Waals surface area contributed by atoms with E-state index in [1.165, 1.54) is 4.90 Å². The molecule has 2 saturated heterocycles. The summed E-state index contributed by atoms with van der Waals surface area (Å²) in [6, 6.07) is 7.52. The van der Waals surface area contributed by atoms with E-state index in [-0.39, 0.29) is 24.8 Å². The third-order valence-electron chi connectivity index (χ3n) is 5.74. The molecule has 5 nitrogen and oxygen atoms in total. The van der Waals surface area contributed by atoms with Crippen LogP contribution in [0.3, 0.4) is 0 Å². The van der Waals surface area contributed by atoms with Crippen LogP contribution in [0.2, 0.25) is 0 Å². The fourth-order valence-corrected chi connectivity index (χ4v) is 4.19. The zero-order chi connectivity index (χ0) is 18.9. The fourth-order valence-electron chi connectivity index (χ4n) is 3.92. The largest absolute Gasteiger partial charge is 0.390 e. The molecule has 0 saturated carbocycles. The molecule has 142 valence electrons. The summed E-state index contributed by atoms with van der Waals surface area (Å²) in [6.07, 6.45) is 1.72. The van der Waals surface area contributed by atoms with Crippen LogP contribution in [0.4, 0.5) is 0 Å². The van der Waals surface area contributed by atoms with Crippen molar-refractivity contribution in [2.75, 3.05) is 26.2 Å². The molecule has 0 radical (unpaired) electrons. The van der Waals surface area contributed by atoms with Crippen molar-refractivity contribution in [3.05, 3.63) is 34.3 Å². The van der Waals surface area contributed by atoms with Crippen molar-refractivity contribution in [2.45, 2.75) is 44.6 Å². The molecule has 0 aliphatic carbocycles. The number of amides is 2. The molecule has 1 aromatic rings. The fraction of sp³-hybridized carbons (Fsp3) is 0.600. The number of aliphatic hydroxyl groups excluding tert-OH is 1. The Hall–Kier alpha value is -1.24. The van der Waals surface area contributed by atoms with Crippen LogP contribution in [0.15, 0.2) is 28.7 Å². The van der Waals surface area contributed by atoms with Crippen LogP contribution in [0.5, 0.6) is 0 Å². The molecule has 3 rings (SSSR count). The summed E-state index contributed by atoms with van der Waals surface area (Å²) in [7, 11) is 0. The summed E-state index contributed by atoms with van der Waals surface area (Å²) in [5, 5.41) is 10.4. The van der Waals surface area contributed by atoms with Crippen molar-refractivity contribution in [1.29, 1.82) is 0 Å². The van der Waals surface area contributed by atoms with Crippen LogP contribution < -0.4 is 0 Å². The van der Waals surface area contributed by atoms with E-state index in [2.05, 4.69) is 27.8 Å². The van der Waals surface area contributed by atoms with E-state index >= 15 is 0 Å². The molecule has 2 aliphatic heterocycles. The van der Waals surface area contributed by atoms with Gasteiger partial charge in [0.2, 0.25) is 11.8 Å². The zero-order valence-corrected chi connectivity index (χ0v) is 17.0. The van der Waals surface area contributed by atoms with Crippen molar-refractivity contribution in [1.82, 2.24) is 9.80 Å². The maximum Gasteiger partial charge on any atom is 0.240 e. The standard InChI is InChI=1S/C20H27BrN2O3/c1-14-7-9-22(10-8-14)12-17(24)13-23-18(25)11-20(2,19(23)26)15-3-5-16(21)6-4-15/h3-6,14,17,24H,7-13H2,1-2H3. The number of hydrogen-bond acceptors (Lipinski definition) is 4. The number of aliphatic hydroxyl groups is 1. The molecular formula is C20H27BrN2O3. The first-order valence-corrected chi connectivity index (χ1v) is 10.1. The van der Waals surface area contributed by atoms with Gasteiger partial charge in [-0.05, 0) is 56.5 Å². The number of likely N-dealkylation sites (tertiary alicyclic amines) is 2. The van der Waals surface area contributed by atoms with Crippen molar-refractivity contribution in [2.24, 2.45) is 5.92 Å². The minimum absolute atomic E-state index is 0.0792. The molecule has 6 heteroatoms. The summed E-state index contributed by atoms with van der Waals surface area (Å²) in [5.41, 5.74) is -0.0148. The van der Waals surface area contributed by atoms with Gasteiger partial charge in [-0.2, -0.15) is 0 Å². The number of halogens is 1. The van der Waals surface area contributed by atoms with E-state index in [4.69, 9.17) is 0 Å². The van der Waals surface area contributed by atoms with Gasteiger partial charge in [-0.25, -0.2) is 0 Å². The first kappa shape index (κ1) is 19.5. The third-order valence-corrected chi connectivity index (χ3v) is 6.27. The molecule has 2 heterocycles. The average molecular weight is 423 g/mol. The molecule has 1 N–H and O–H groups in total. The molecular weight excluding hydrogens is 396 g/mol. The summed E-state index contributed by atoms with van der Waals surface area (Å²) >= 11 is 3.39. The van der Waals surface area contributed by atoms with Gasteiger partial charge in [0.05, 0.1) is 18.1 Å². The van der Waals surface area contributed by atoms with Crippen molar-refractivity contribution < 1.29 is 14.7 Å². The number of piperidine rings is 1. The number of β-amino-alcohol motifs (C(OH)–C–C–N with tert-alkyl or cyclic N) is 1. The maximum atomic E-state index is 13.0. The van der Waals surface area contributed by atoms with Crippen LogP contribution in [-0.4, -0.2) is 59.0 Å². The average Bonchev–Trinajstić information content (AvgIpc) is 2.82. The first-order chi connectivity index (χ1) is 12.3. The highest BCUT2D eigenvalue weighted by Crippen LogP contribution is 2.36. The Balaban J connectivity index is 1.64. The predicted molar refractivity (Wildman–Crippen MR) is 104 cm³/mol. The highest BCUT2D eigenvalue weighted by atomic mass is 79.9. The van der Waals surface area contributed by atoms with Gasteiger partial charge in [-0.15, -0.1) is 0 Å². The third kappa shape index (κ3) is 4.02. The number of hydrogen-bond donors (Lipinski definition) is 1. The van der Waals surface area contributed by atoms with Gasteiger partial charge in [0, 0.05) is 17.4 Å². The number of carbonyl (C=O) groups excluding carboxylic acids is 2. The van der Waals surface area contributed by atoms with E-state index in [1.807, 2.05) is 31.2 Å². The second kappa shape index (κ2) is 7.79. The van der Waals surface area contributed by atoms with E-state index in [0.29, 0.717) is 6.54 Å². The SMILES string of the molecule is CC1CCN(CC(O)CN2C(=O)CC(C)(c3ccc(Br)cc3)C2=O)CC1. The minimum atomic E-state index is -0.849. The number of carbonyl (C=O) groups is 2. The molecule has 0 bridgehead atoms. The molecule has 0 spiro atoms. The molecule has 1 aromatic carbocycles. The Morgan fingerprint density at radius 3 is 2.42 bits per heavy atom. The van der Waals surface area contributed by atoms with Gasteiger partial charge in [0.15, 0.2) is 0 Å². The molecule has 0 aromatic heterocycles. The molecule has 2 amide bonds. The molecule has 2 atom stereocenters. The lowest BCUT2D eigenvalue weighted by atomic mass is 9.81. The highest BCUT2D eigenvalue weighted by molar-refractivity contribution is 9.10. The monoisotopic (exact) mass is 422 g/mol. The van der Waals surface area contributed by atoms with Gasteiger partial charge in [0.25, 0.3) is 0 Å². The number of nitrogens with zero attached hydrogens (tertiary/aromatic N) is 2. The Morgan fingerprint density at radius 2 is 1.81 bits per heavy atom. The van der Waals surface area contributed by atoms with Crippen LogP contribution >= 0.6 is 15.9 Å². The minimum Gasteiger partial charge on any atom is -0.390 e. The number of benzene rings is 1. The zero-order valence-electron chi connectivity index (χ0n) is 15.4. The molecule has 2 aliphatic rings. The molecule has 2 unspecified atom stereocenters. The van der Waals surface area contributed by atoms with Crippen LogP contribution in [0.25, 0.3) is 0 Å². The Labute approximate surface area is 163 Å². The first-order valence-electron chi connectivity index (χ1n) is 9.31.